The second-order valence-electron chi connectivity index (χ2n) is 7.37. The fraction of sp³-hybridized carbons (Fsp3) is 0.833. The van der Waals surface area contributed by atoms with Gasteiger partial charge in [0.25, 0.3) is 0 Å². The van der Waals surface area contributed by atoms with Gasteiger partial charge in [-0.2, -0.15) is 0 Å². The Morgan fingerprint density at radius 1 is 1.31 bits per heavy atom. The van der Waals surface area contributed by atoms with E-state index in [-0.39, 0.29) is 5.60 Å². The zero-order valence-electron chi connectivity index (χ0n) is 16.3. The van der Waals surface area contributed by atoms with E-state index in [1.54, 1.807) is 7.11 Å². The van der Waals surface area contributed by atoms with Gasteiger partial charge in [-0.05, 0) is 19.8 Å². The molecular formula is C18H32N6O2. The highest BCUT2D eigenvalue weighted by atomic mass is 16.5. The molecule has 146 valence electrons. The number of aliphatic imine (C=N–C) groups is 1. The molecule has 1 aromatic heterocycles. The van der Waals surface area contributed by atoms with Gasteiger partial charge in [0, 0.05) is 52.8 Å². The molecule has 0 radical (unpaired) electrons. The highest BCUT2D eigenvalue weighted by Crippen LogP contribution is 2.23. The lowest BCUT2D eigenvalue weighted by molar-refractivity contribution is -0.0855. The molecule has 1 saturated heterocycles. The molecule has 1 aliphatic carbocycles. The Balaban J connectivity index is 1.65. The third-order valence-corrected chi connectivity index (χ3v) is 5.67. The molecule has 3 rings (SSSR count). The summed E-state index contributed by atoms with van der Waals surface area (Å²) in [6.07, 6.45) is 6.77. The number of guanidine groups is 1. The molecule has 2 fully saturated rings. The molecule has 0 aromatic carbocycles. The van der Waals surface area contributed by atoms with Crippen molar-refractivity contribution in [2.45, 2.75) is 63.6 Å². The summed E-state index contributed by atoms with van der Waals surface area (Å²) >= 11 is 0. The van der Waals surface area contributed by atoms with Crippen molar-refractivity contribution < 1.29 is 9.47 Å². The first-order valence-corrected chi connectivity index (χ1v) is 9.64. The number of aryl methyl sites for hydroxylation is 1. The van der Waals surface area contributed by atoms with E-state index in [0.717, 1.165) is 50.2 Å². The van der Waals surface area contributed by atoms with Crippen LogP contribution in [-0.2, 0) is 23.1 Å². The zero-order valence-corrected chi connectivity index (χ0v) is 16.3. The van der Waals surface area contributed by atoms with Gasteiger partial charge in [-0.3, -0.25) is 0 Å². The summed E-state index contributed by atoms with van der Waals surface area (Å²) in [5.74, 6) is 2.59. The molecule has 8 nitrogen and oxygen atoms in total. The van der Waals surface area contributed by atoms with Crippen molar-refractivity contribution in [3.63, 3.8) is 0 Å². The summed E-state index contributed by atoms with van der Waals surface area (Å²) in [6.45, 7) is 4.67. The number of aromatic nitrogens is 3. The largest absolute Gasteiger partial charge is 0.381 e. The molecule has 0 bridgehead atoms. The molecule has 0 atom stereocenters. The summed E-state index contributed by atoms with van der Waals surface area (Å²) in [4.78, 5) is 4.77. The van der Waals surface area contributed by atoms with E-state index in [1.165, 1.54) is 25.7 Å². The van der Waals surface area contributed by atoms with Crippen molar-refractivity contribution in [1.29, 1.82) is 0 Å². The van der Waals surface area contributed by atoms with Crippen molar-refractivity contribution >= 4 is 5.96 Å². The SMILES string of the molecule is COC1(CNC(=NCc2nnc(C)n2C)NC2CCCC2)CCOCC1. The van der Waals surface area contributed by atoms with E-state index >= 15 is 0 Å². The number of ether oxygens (including phenoxy) is 2. The lowest BCUT2D eigenvalue weighted by Crippen LogP contribution is -2.52. The number of methoxy groups -OCH3 is 1. The first kappa shape index (κ1) is 19.1. The van der Waals surface area contributed by atoms with Crippen LogP contribution >= 0.6 is 0 Å². The van der Waals surface area contributed by atoms with Gasteiger partial charge in [0.2, 0.25) is 0 Å². The van der Waals surface area contributed by atoms with Gasteiger partial charge in [0.1, 0.15) is 12.4 Å². The Labute approximate surface area is 155 Å². The molecule has 26 heavy (non-hydrogen) atoms. The summed E-state index contributed by atoms with van der Waals surface area (Å²) in [5, 5.41) is 15.4. The van der Waals surface area contributed by atoms with Crippen molar-refractivity contribution in [2.75, 3.05) is 26.9 Å². The lowest BCUT2D eigenvalue weighted by Gasteiger charge is -2.36. The van der Waals surface area contributed by atoms with Crippen LogP contribution in [0.15, 0.2) is 4.99 Å². The molecule has 0 spiro atoms. The maximum Gasteiger partial charge on any atom is 0.192 e. The van der Waals surface area contributed by atoms with Crippen LogP contribution in [0.4, 0.5) is 0 Å². The van der Waals surface area contributed by atoms with E-state index in [2.05, 4.69) is 20.8 Å². The molecule has 0 unspecified atom stereocenters. The van der Waals surface area contributed by atoms with E-state index in [0.29, 0.717) is 12.6 Å². The quantitative estimate of drug-likeness (QED) is 0.585. The predicted octanol–water partition coefficient (Wildman–Crippen LogP) is 1.30. The normalized spacial score (nSPS) is 21.1. The summed E-state index contributed by atoms with van der Waals surface area (Å²) < 4.78 is 13.3. The first-order valence-electron chi connectivity index (χ1n) is 9.64. The predicted molar refractivity (Wildman–Crippen MR) is 100 cm³/mol. The molecule has 0 amide bonds. The monoisotopic (exact) mass is 364 g/mol. The van der Waals surface area contributed by atoms with Crippen molar-refractivity contribution in [1.82, 2.24) is 25.4 Å². The van der Waals surface area contributed by atoms with Crippen LogP contribution in [0, 0.1) is 6.92 Å². The standard InChI is InChI=1S/C18H32N6O2/c1-14-22-23-16(24(14)2)12-19-17(21-15-6-4-5-7-15)20-13-18(25-3)8-10-26-11-9-18/h15H,4-13H2,1-3H3,(H2,19,20,21). The number of hydrogen-bond acceptors (Lipinski definition) is 5. The Bertz CT molecular complexity index is 603. The van der Waals surface area contributed by atoms with Crippen molar-refractivity contribution in [2.24, 2.45) is 12.0 Å². The molecule has 1 aromatic rings. The van der Waals surface area contributed by atoms with Gasteiger partial charge < -0.3 is 24.7 Å². The Morgan fingerprint density at radius 3 is 2.65 bits per heavy atom. The number of nitrogens with zero attached hydrogens (tertiary/aromatic N) is 4. The van der Waals surface area contributed by atoms with E-state index in [9.17, 15) is 0 Å². The Kier molecular flexibility index (Phi) is 6.48. The van der Waals surface area contributed by atoms with Crippen LogP contribution < -0.4 is 10.6 Å². The second-order valence-corrected chi connectivity index (χ2v) is 7.37. The van der Waals surface area contributed by atoms with Gasteiger partial charge in [-0.1, -0.05) is 12.8 Å². The molecule has 8 heteroatoms. The zero-order chi connectivity index (χ0) is 18.4. The average Bonchev–Trinajstić information content (AvgIpc) is 3.29. The number of hydrogen-bond donors (Lipinski definition) is 2. The third kappa shape index (κ3) is 4.73. The highest BCUT2D eigenvalue weighted by molar-refractivity contribution is 5.80. The van der Waals surface area contributed by atoms with Crippen LogP contribution in [0.3, 0.4) is 0 Å². The maximum absolute atomic E-state index is 5.83. The molecule has 2 aliphatic rings. The van der Waals surface area contributed by atoms with E-state index in [4.69, 9.17) is 14.5 Å². The van der Waals surface area contributed by atoms with Gasteiger partial charge in [0.15, 0.2) is 11.8 Å². The Morgan fingerprint density at radius 2 is 2.04 bits per heavy atom. The third-order valence-electron chi connectivity index (χ3n) is 5.67. The summed E-state index contributed by atoms with van der Waals surface area (Å²) in [6, 6.07) is 0.496. The van der Waals surface area contributed by atoms with Gasteiger partial charge in [-0.15, -0.1) is 10.2 Å². The molecule has 2 heterocycles. The fourth-order valence-electron chi connectivity index (χ4n) is 3.60. The topological polar surface area (TPSA) is 85.6 Å². The van der Waals surface area contributed by atoms with Crippen LogP contribution in [0.5, 0.6) is 0 Å². The summed E-state index contributed by atoms with van der Waals surface area (Å²) in [7, 11) is 3.76. The Hall–Kier alpha value is -1.67. The molecule has 1 saturated carbocycles. The first-order chi connectivity index (χ1) is 12.6. The summed E-state index contributed by atoms with van der Waals surface area (Å²) in [5.41, 5.74) is -0.183. The van der Waals surface area contributed by atoms with Crippen LogP contribution in [0.25, 0.3) is 0 Å². The molecule has 2 N–H and O–H groups in total. The minimum atomic E-state index is -0.183. The van der Waals surface area contributed by atoms with E-state index < -0.39 is 0 Å². The lowest BCUT2D eigenvalue weighted by atomic mass is 9.94. The van der Waals surface area contributed by atoms with E-state index in [1.807, 2.05) is 18.5 Å². The van der Waals surface area contributed by atoms with Crippen LogP contribution in [0.1, 0.15) is 50.2 Å². The van der Waals surface area contributed by atoms with Crippen LogP contribution in [0.2, 0.25) is 0 Å². The van der Waals surface area contributed by atoms with Crippen molar-refractivity contribution in [3.8, 4) is 0 Å². The highest BCUT2D eigenvalue weighted by Gasteiger charge is 2.32. The van der Waals surface area contributed by atoms with Gasteiger partial charge >= 0.3 is 0 Å². The minimum Gasteiger partial charge on any atom is -0.381 e. The smallest absolute Gasteiger partial charge is 0.192 e. The van der Waals surface area contributed by atoms with Crippen LogP contribution in [-0.4, -0.2) is 59.2 Å². The van der Waals surface area contributed by atoms with Crippen molar-refractivity contribution in [3.05, 3.63) is 11.6 Å². The van der Waals surface area contributed by atoms with Gasteiger partial charge in [-0.25, -0.2) is 4.99 Å². The maximum atomic E-state index is 5.83. The van der Waals surface area contributed by atoms with Gasteiger partial charge in [0.05, 0.1) is 5.60 Å². The molecular weight excluding hydrogens is 332 g/mol. The number of nitrogens with one attached hydrogen (secondary N) is 2. The second kappa shape index (κ2) is 8.81. The minimum absolute atomic E-state index is 0.183. The number of rotatable bonds is 6. The average molecular weight is 364 g/mol. The molecule has 1 aliphatic heterocycles. The fourth-order valence-corrected chi connectivity index (χ4v) is 3.60.